The van der Waals surface area contributed by atoms with Gasteiger partial charge in [0.15, 0.2) is 0 Å². The molecule has 82 valence electrons. The Labute approximate surface area is 84.8 Å². The van der Waals surface area contributed by atoms with Crippen molar-refractivity contribution in [1.82, 2.24) is 4.90 Å². The monoisotopic (exact) mass is 201 g/mol. The van der Waals surface area contributed by atoms with Crippen molar-refractivity contribution in [3.05, 3.63) is 0 Å². The zero-order chi connectivity index (χ0) is 10.8. The second-order valence-electron chi connectivity index (χ2n) is 4.05. The third-order valence-corrected chi connectivity index (χ3v) is 2.70. The molecule has 0 bridgehead atoms. The summed E-state index contributed by atoms with van der Waals surface area (Å²) >= 11 is 0. The molecule has 0 aromatic rings. The normalized spacial score (nSPS) is 21.6. The first-order valence-corrected chi connectivity index (χ1v) is 5.06. The molecule has 0 aromatic carbocycles. The Morgan fingerprint density at radius 3 is 2.64 bits per heavy atom. The number of methoxy groups -OCH3 is 1. The number of carbonyl (C=O) groups is 1. The van der Waals surface area contributed by atoms with Gasteiger partial charge >= 0.3 is 0 Å². The molecule has 0 aliphatic carbocycles. The Kier molecular flexibility index (Phi) is 3.50. The minimum absolute atomic E-state index is 0.0340. The van der Waals surface area contributed by atoms with E-state index in [1.807, 2.05) is 6.92 Å². The second kappa shape index (κ2) is 4.28. The molecular formula is C10H19NO3. The predicted octanol–water partition coefficient (Wildman–Crippen LogP) is 0.395. The highest BCUT2D eigenvalue weighted by Crippen LogP contribution is 2.26. The van der Waals surface area contributed by atoms with Gasteiger partial charge in [-0.3, -0.25) is 4.79 Å². The van der Waals surface area contributed by atoms with Crippen LogP contribution in [0, 0.1) is 0 Å². The fourth-order valence-electron chi connectivity index (χ4n) is 1.80. The summed E-state index contributed by atoms with van der Waals surface area (Å²) in [6, 6.07) is 0. The lowest BCUT2D eigenvalue weighted by Crippen LogP contribution is -2.64. The third-order valence-electron chi connectivity index (χ3n) is 2.70. The molecule has 0 saturated carbocycles. The van der Waals surface area contributed by atoms with E-state index in [1.54, 1.807) is 11.8 Å². The SMILES string of the molecule is CCCC1(O)CN(C(=O)C(C)OC)C1. The molecule has 4 heteroatoms. The van der Waals surface area contributed by atoms with Gasteiger partial charge in [0, 0.05) is 7.11 Å². The highest BCUT2D eigenvalue weighted by Gasteiger charge is 2.43. The van der Waals surface area contributed by atoms with Crippen LogP contribution < -0.4 is 0 Å². The summed E-state index contributed by atoms with van der Waals surface area (Å²) in [4.78, 5) is 13.2. The van der Waals surface area contributed by atoms with Crippen LogP contribution in [-0.4, -0.2) is 47.8 Å². The van der Waals surface area contributed by atoms with E-state index < -0.39 is 11.7 Å². The van der Waals surface area contributed by atoms with Crippen LogP contribution in [0.3, 0.4) is 0 Å². The van der Waals surface area contributed by atoms with E-state index in [9.17, 15) is 9.90 Å². The van der Waals surface area contributed by atoms with Gasteiger partial charge < -0.3 is 14.7 Å². The fraction of sp³-hybridized carbons (Fsp3) is 0.900. The Morgan fingerprint density at radius 1 is 1.64 bits per heavy atom. The van der Waals surface area contributed by atoms with Gasteiger partial charge in [-0.25, -0.2) is 0 Å². The molecule has 1 aliphatic rings. The van der Waals surface area contributed by atoms with Crippen LogP contribution in [-0.2, 0) is 9.53 Å². The summed E-state index contributed by atoms with van der Waals surface area (Å²) in [5, 5.41) is 9.85. The number of aliphatic hydroxyl groups is 1. The molecular weight excluding hydrogens is 182 g/mol. The van der Waals surface area contributed by atoms with Crippen LogP contribution in [0.15, 0.2) is 0 Å². The van der Waals surface area contributed by atoms with Crippen molar-refractivity contribution in [1.29, 1.82) is 0 Å². The highest BCUT2D eigenvalue weighted by molar-refractivity contribution is 5.81. The fourth-order valence-corrected chi connectivity index (χ4v) is 1.80. The number of likely N-dealkylation sites (tertiary alicyclic amines) is 1. The average Bonchev–Trinajstić information content (AvgIpc) is 2.12. The number of ether oxygens (including phenoxy) is 1. The molecule has 1 fully saturated rings. The number of hydrogen-bond acceptors (Lipinski definition) is 3. The molecule has 14 heavy (non-hydrogen) atoms. The quantitative estimate of drug-likeness (QED) is 0.716. The smallest absolute Gasteiger partial charge is 0.251 e. The van der Waals surface area contributed by atoms with Crippen LogP contribution in [0.5, 0.6) is 0 Å². The number of hydrogen-bond donors (Lipinski definition) is 1. The molecule has 1 saturated heterocycles. The summed E-state index contributed by atoms with van der Waals surface area (Å²) in [6.07, 6.45) is 1.30. The number of nitrogens with zero attached hydrogens (tertiary/aromatic N) is 1. The van der Waals surface area contributed by atoms with Crippen LogP contribution in [0.25, 0.3) is 0 Å². The van der Waals surface area contributed by atoms with E-state index in [1.165, 1.54) is 7.11 Å². The second-order valence-corrected chi connectivity index (χ2v) is 4.05. The molecule has 1 atom stereocenters. The molecule has 1 amide bonds. The molecule has 1 heterocycles. The van der Waals surface area contributed by atoms with E-state index in [0.29, 0.717) is 13.1 Å². The average molecular weight is 201 g/mol. The maximum absolute atomic E-state index is 11.5. The molecule has 0 aromatic heterocycles. The van der Waals surface area contributed by atoms with Gasteiger partial charge in [-0.1, -0.05) is 13.3 Å². The lowest BCUT2D eigenvalue weighted by molar-refractivity contribution is -0.165. The molecule has 4 nitrogen and oxygen atoms in total. The zero-order valence-corrected chi connectivity index (χ0v) is 9.12. The standard InChI is InChI=1S/C10H19NO3/c1-4-5-10(13)6-11(7-10)9(12)8(2)14-3/h8,13H,4-7H2,1-3H3. The van der Waals surface area contributed by atoms with Crippen molar-refractivity contribution >= 4 is 5.91 Å². The van der Waals surface area contributed by atoms with Gasteiger partial charge in [0.05, 0.1) is 18.7 Å². The van der Waals surface area contributed by atoms with Gasteiger partial charge in [-0.2, -0.15) is 0 Å². The third kappa shape index (κ3) is 2.25. The first-order valence-electron chi connectivity index (χ1n) is 5.06. The lowest BCUT2D eigenvalue weighted by Gasteiger charge is -2.47. The van der Waals surface area contributed by atoms with Crippen LogP contribution in [0.2, 0.25) is 0 Å². The number of amides is 1. The maximum atomic E-state index is 11.5. The molecule has 0 radical (unpaired) electrons. The maximum Gasteiger partial charge on any atom is 0.251 e. The van der Waals surface area contributed by atoms with Crippen LogP contribution in [0.1, 0.15) is 26.7 Å². The van der Waals surface area contributed by atoms with E-state index >= 15 is 0 Å². The summed E-state index contributed by atoms with van der Waals surface area (Å²) in [6.45, 7) is 4.65. The van der Waals surface area contributed by atoms with Crippen LogP contribution >= 0.6 is 0 Å². The number of rotatable bonds is 4. The van der Waals surface area contributed by atoms with Gasteiger partial charge in [-0.05, 0) is 13.3 Å². The Balaban J connectivity index is 2.37. The predicted molar refractivity (Wildman–Crippen MR) is 52.9 cm³/mol. The molecule has 1 N–H and O–H groups in total. The minimum atomic E-state index is -0.641. The Bertz CT molecular complexity index is 211. The molecule has 1 rings (SSSR count). The van der Waals surface area contributed by atoms with Gasteiger partial charge in [0.1, 0.15) is 6.10 Å². The lowest BCUT2D eigenvalue weighted by atomic mass is 9.89. The summed E-state index contributed by atoms with van der Waals surface area (Å²) in [5.41, 5.74) is -0.641. The van der Waals surface area contributed by atoms with Crippen molar-refractivity contribution in [2.75, 3.05) is 20.2 Å². The molecule has 1 unspecified atom stereocenters. The van der Waals surface area contributed by atoms with Gasteiger partial charge in [0.2, 0.25) is 0 Å². The number of β-amino-alcohol motifs (C(OH)–C–C–N with tert-alkyl or cyclic N) is 1. The zero-order valence-electron chi connectivity index (χ0n) is 9.12. The van der Waals surface area contributed by atoms with Crippen molar-refractivity contribution in [2.45, 2.75) is 38.4 Å². The van der Waals surface area contributed by atoms with E-state index in [0.717, 1.165) is 12.8 Å². The molecule has 1 aliphatic heterocycles. The van der Waals surface area contributed by atoms with E-state index in [-0.39, 0.29) is 5.91 Å². The van der Waals surface area contributed by atoms with E-state index in [2.05, 4.69) is 0 Å². The summed E-state index contributed by atoms with van der Waals surface area (Å²) < 4.78 is 4.92. The van der Waals surface area contributed by atoms with Crippen LogP contribution in [0.4, 0.5) is 0 Å². The minimum Gasteiger partial charge on any atom is -0.386 e. The van der Waals surface area contributed by atoms with Crippen molar-refractivity contribution in [3.8, 4) is 0 Å². The largest absolute Gasteiger partial charge is 0.386 e. The summed E-state index contributed by atoms with van der Waals surface area (Å²) in [7, 11) is 1.51. The highest BCUT2D eigenvalue weighted by atomic mass is 16.5. The topological polar surface area (TPSA) is 49.8 Å². The van der Waals surface area contributed by atoms with Gasteiger partial charge in [-0.15, -0.1) is 0 Å². The van der Waals surface area contributed by atoms with Gasteiger partial charge in [0.25, 0.3) is 5.91 Å². The summed E-state index contributed by atoms with van der Waals surface area (Å²) in [5.74, 6) is -0.0340. The number of carbonyl (C=O) groups excluding carboxylic acids is 1. The van der Waals surface area contributed by atoms with Crippen molar-refractivity contribution < 1.29 is 14.6 Å². The molecule has 0 spiro atoms. The van der Waals surface area contributed by atoms with Crippen molar-refractivity contribution in [3.63, 3.8) is 0 Å². The first-order chi connectivity index (χ1) is 6.52. The first kappa shape index (κ1) is 11.5. The Morgan fingerprint density at radius 2 is 2.21 bits per heavy atom. The Hall–Kier alpha value is -0.610. The van der Waals surface area contributed by atoms with Crippen molar-refractivity contribution in [2.24, 2.45) is 0 Å². The van der Waals surface area contributed by atoms with E-state index in [4.69, 9.17) is 4.74 Å².